The molecule has 0 aliphatic carbocycles. The Balaban J connectivity index is 2.50. The fourth-order valence-electron chi connectivity index (χ4n) is 2.40. The van der Waals surface area contributed by atoms with E-state index in [0.29, 0.717) is 40.6 Å². The van der Waals surface area contributed by atoms with Crippen molar-refractivity contribution in [3.05, 3.63) is 29.5 Å². The number of aromatic nitrogens is 1. The largest absolute Gasteiger partial charge is 0.491 e. The molecule has 4 N–H and O–H groups in total. The molecule has 0 spiro atoms. The number of carbonyl (C=O) groups excluding carboxylic acids is 1. The molecule has 1 aromatic carbocycles. The monoisotopic (exact) mass is 331 g/mol. The van der Waals surface area contributed by atoms with Crippen molar-refractivity contribution in [3.63, 3.8) is 0 Å². The summed E-state index contributed by atoms with van der Waals surface area (Å²) < 4.78 is 10.9. The number of hydrogen-bond donors (Lipinski definition) is 2. The predicted octanol–water partition coefficient (Wildman–Crippen LogP) is 2.66. The number of carbonyl (C=O) groups is 1. The number of hydrogen-bond acceptors (Lipinski definition) is 6. The molecule has 0 fully saturated rings. The summed E-state index contributed by atoms with van der Waals surface area (Å²) in [5.74, 6) is 0.391. The molecule has 1 aromatic heterocycles. The van der Waals surface area contributed by atoms with E-state index in [1.54, 1.807) is 19.9 Å². The Bertz CT molecular complexity index is 744. The Morgan fingerprint density at radius 3 is 2.67 bits per heavy atom. The van der Waals surface area contributed by atoms with E-state index >= 15 is 0 Å². The first-order valence-electron chi connectivity index (χ1n) is 8.11. The van der Waals surface area contributed by atoms with Crippen molar-refractivity contribution in [2.75, 3.05) is 18.9 Å². The van der Waals surface area contributed by atoms with Crippen LogP contribution in [0.25, 0.3) is 10.9 Å². The Kier molecular flexibility index (Phi) is 5.62. The second-order valence-corrected chi connectivity index (χ2v) is 6.08. The lowest BCUT2D eigenvalue weighted by Crippen LogP contribution is -2.33. The molecular formula is C18H25N3O3. The molecule has 130 valence electrons. The first-order valence-corrected chi connectivity index (χ1v) is 8.11. The minimum atomic E-state index is -0.476. The number of anilines is 1. The summed E-state index contributed by atoms with van der Waals surface area (Å²) in [5, 5.41) is 0.613. The average Bonchev–Trinajstić information content (AvgIpc) is 2.52. The van der Waals surface area contributed by atoms with Gasteiger partial charge in [-0.2, -0.15) is 0 Å². The third-order valence-corrected chi connectivity index (χ3v) is 3.96. The molecule has 0 aliphatic rings. The van der Waals surface area contributed by atoms with Gasteiger partial charge in [-0.1, -0.05) is 19.9 Å². The third kappa shape index (κ3) is 3.59. The molecular weight excluding hydrogens is 306 g/mol. The molecule has 0 aliphatic heterocycles. The fraction of sp³-hybridized carbons (Fsp3) is 0.444. The van der Waals surface area contributed by atoms with E-state index < -0.39 is 5.97 Å². The predicted molar refractivity (Wildman–Crippen MR) is 95.2 cm³/mol. The third-order valence-electron chi connectivity index (χ3n) is 3.96. The van der Waals surface area contributed by atoms with E-state index in [0.717, 1.165) is 0 Å². The Labute approximate surface area is 142 Å². The summed E-state index contributed by atoms with van der Waals surface area (Å²) in [6.07, 6.45) is 0. The van der Waals surface area contributed by atoms with Crippen molar-refractivity contribution in [1.29, 1.82) is 0 Å². The summed E-state index contributed by atoms with van der Waals surface area (Å²) in [7, 11) is 0. The Hall–Kier alpha value is -2.34. The van der Waals surface area contributed by atoms with Gasteiger partial charge in [0.2, 0.25) is 0 Å². The van der Waals surface area contributed by atoms with Crippen LogP contribution in [0.4, 0.5) is 5.69 Å². The number of pyridine rings is 1. The van der Waals surface area contributed by atoms with Gasteiger partial charge in [0.25, 0.3) is 0 Å². The van der Waals surface area contributed by atoms with Gasteiger partial charge >= 0.3 is 5.97 Å². The number of esters is 1. The van der Waals surface area contributed by atoms with Crippen LogP contribution in [0.2, 0.25) is 0 Å². The molecule has 24 heavy (non-hydrogen) atoms. The van der Waals surface area contributed by atoms with Gasteiger partial charge in [-0.15, -0.1) is 0 Å². The molecule has 1 heterocycles. The minimum Gasteiger partial charge on any atom is -0.491 e. The number of rotatable bonds is 6. The lowest BCUT2D eigenvalue weighted by atomic mass is 10.0. The van der Waals surface area contributed by atoms with Crippen LogP contribution in [0.3, 0.4) is 0 Å². The molecule has 0 amide bonds. The van der Waals surface area contributed by atoms with E-state index in [2.05, 4.69) is 4.98 Å². The van der Waals surface area contributed by atoms with Crippen LogP contribution in [0.15, 0.2) is 18.2 Å². The van der Waals surface area contributed by atoms with Gasteiger partial charge in [-0.05, 0) is 31.9 Å². The second-order valence-electron chi connectivity index (χ2n) is 6.08. The average molecular weight is 331 g/mol. The summed E-state index contributed by atoms with van der Waals surface area (Å²) in [6.45, 7) is 8.20. The number of nitrogens with zero attached hydrogens (tertiary/aromatic N) is 1. The minimum absolute atomic E-state index is 0.0931. The maximum absolute atomic E-state index is 12.2. The molecule has 2 aromatic rings. The Morgan fingerprint density at radius 1 is 1.33 bits per heavy atom. The van der Waals surface area contributed by atoms with Crippen molar-refractivity contribution in [2.24, 2.45) is 11.7 Å². The van der Waals surface area contributed by atoms with Gasteiger partial charge in [0.05, 0.1) is 28.9 Å². The van der Waals surface area contributed by atoms with Crippen LogP contribution in [0.1, 0.15) is 36.8 Å². The van der Waals surface area contributed by atoms with Gasteiger partial charge in [-0.25, -0.2) is 4.79 Å². The molecule has 1 atom stereocenters. The molecule has 6 nitrogen and oxygen atoms in total. The maximum atomic E-state index is 12.2. The first kappa shape index (κ1) is 18.0. The first-order chi connectivity index (χ1) is 11.4. The number of aryl methyl sites for hydroxylation is 1. The smallest absolute Gasteiger partial charge is 0.342 e. The number of benzene rings is 1. The fourth-order valence-corrected chi connectivity index (χ4v) is 2.40. The number of nitrogens with two attached hydrogens (primary N) is 2. The van der Waals surface area contributed by atoms with Crippen LogP contribution >= 0.6 is 0 Å². The molecule has 2 rings (SSSR count). The number of ether oxygens (including phenoxy) is 2. The van der Waals surface area contributed by atoms with Crippen molar-refractivity contribution in [1.82, 2.24) is 4.98 Å². The quantitative estimate of drug-likeness (QED) is 0.789. The zero-order chi connectivity index (χ0) is 17.9. The maximum Gasteiger partial charge on any atom is 0.342 e. The van der Waals surface area contributed by atoms with Crippen LogP contribution in [0, 0.1) is 12.8 Å². The van der Waals surface area contributed by atoms with Crippen molar-refractivity contribution in [2.45, 2.75) is 33.7 Å². The highest BCUT2D eigenvalue weighted by Gasteiger charge is 2.21. The molecule has 0 unspecified atom stereocenters. The van der Waals surface area contributed by atoms with Crippen LogP contribution in [-0.2, 0) is 4.74 Å². The topological polar surface area (TPSA) is 100 Å². The van der Waals surface area contributed by atoms with Gasteiger partial charge in [-0.3, -0.25) is 4.98 Å². The van der Waals surface area contributed by atoms with E-state index in [4.69, 9.17) is 20.9 Å². The van der Waals surface area contributed by atoms with Crippen LogP contribution in [-0.4, -0.2) is 30.2 Å². The van der Waals surface area contributed by atoms with Crippen molar-refractivity contribution in [3.8, 4) is 5.75 Å². The summed E-state index contributed by atoms with van der Waals surface area (Å²) in [4.78, 5) is 16.7. The van der Waals surface area contributed by atoms with Gasteiger partial charge < -0.3 is 20.9 Å². The van der Waals surface area contributed by atoms with Crippen LogP contribution < -0.4 is 16.2 Å². The number of fused-ring (bicyclic) bond motifs is 1. The van der Waals surface area contributed by atoms with E-state index in [9.17, 15) is 4.79 Å². The van der Waals surface area contributed by atoms with E-state index in [-0.39, 0.29) is 18.2 Å². The zero-order valence-electron chi connectivity index (χ0n) is 14.6. The van der Waals surface area contributed by atoms with Crippen molar-refractivity contribution >= 4 is 22.6 Å². The lowest BCUT2D eigenvalue weighted by molar-refractivity contribution is 0.0526. The van der Waals surface area contributed by atoms with Crippen molar-refractivity contribution < 1.29 is 14.3 Å². The molecule has 0 bridgehead atoms. The van der Waals surface area contributed by atoms with E-state index in [1.165, 1.54) is 0 Å². The van der Waals surface area contributed by atoms with Gasteiger partial charge in [0, 0.05) is 6.04 Å². The standard InChI is InChI=1S/C18H25N3O3/c1-5-23-18(22)15-11(4)21-13-7-6-8-14(16(13)17(15)20)24-9-12(19)10(2)3/h6-8,10,12H,5,9,19H2,1-4H3,(H2,20,21)/t12-/m1/s1. The molecule has 0 saturated carbocycles. The lowest BCUT2D eigenvalue weighted by Gasteiger charge is -2.18. The van der Waals surface area contributed by atoms with Crippen LogP contribution in [0.5, 0.6) is 5.75 Å². The number of nitrogen functional groups attached to an aromatic ring is 1. The molecule has 0 radical (unpaired) electrons. The Morgan fingerprint density at radius 2 is 2.04 bits per heavy atom. The highest BCUT2D eigenvalue weighted by Crippen LogP contribution is 2.33. The van der Waals surface area contributed by atoms with Gasteiger partial charge in [0.1, 0.15) is 17.9 Å². The summed E-state index contributed by atoms with van der Waals surface area (Å²) in [6, 6.07) is 5.39. The summed E-state index contributed by atoms with van der Waals surface area (Å²) >= 11 is 0. The van der Waals surface area contributed by atoms with Gasteiger partial charge in [0.15, 0.2) is 0 Å². The van der Waals surface area contributed by atoms with E-state index in [1.807, 2.05) is 26.0 Å². The molecule has 6 heteroatoms. The second kappa shape index (κ2) is 7.49. The normalized spacial score (nSPS) is 12.4. The summed E-state index contributed by atoms with van der Waals surface area (Å²) in [5.41, 5.74) is 14.1. The highest BCUT2D eigenvalue weighted by molar-refractivity contribution is 6.07. The molecule has 0 saturated heterocycles. The SMILES string of the molecule is CCOC(=O)c1c(C)nc2cccc(OC[C@@H](N)C(C)C)c2c1N. The highest BCUT2D eigenvalue weighted by atomic mass is 16.5. The zero-order valence-corrected chi connectivity index (χ0v) is 14.6.